The number of nitrogens with zero attached hydrogens (tertiary/aromatic N) is 4. The molecule has 0 N–H and O–H groups in total. The van der Waals surface area contributed by atoms with Crippen molar-refractivity contribution < 1.29 is 4.79 Å². The molecule has 0 aliphatic carbocycles. The third kappa shape index (κ3) is 3.71. The molecule has 5 nitrogen and oxygen atoms in total. The first-order chi connectivity index (χ1) is 9.79. The van der Waals surface area contributed by atoms with Gasteiger partial charge in [0.05, 0.1) is 0 Å². The molecular formula is C16H26N4O. The highest BCUT2D eigenvalue weighted by molar-refractivity contribution is 5.81. The highest BCUT2D eigenvalue weighted by Crippen LogP contribution is 2.24. The summed E-state index contributed by atoms with van der Waals surface area (Å²) >= 11 is 0. The molecule has 1 amide bonds. The predicted octanol–water partition coefficient (Wildman–Crippen LogP) is 2.26. The Labute approximate surface area is 127 Å². The van der Waals surface area contributed by atoms with Gasteiger partial charge < -0.3 is 9.80 Å². The van der Waals surface area contributed by atoms with E-state index in [2.05, 4.69) is 14.9 Å². The van der Waals surface area contributed by atoms with Crippen molar-refractivity contribution in [2.24, 2.45) is 5.41 Å². The van der Waals surface area contributed by atoms with Crippen LogP contribution in [0.15, 0.2) is 12.4 Å². The fourth-order valence-corrected chi connectivity index (χ4v) is 2.79. The van der Waals surface area contributed by atoms with E-state index in [4.69, 9.17) is 0 Å². The highest BCUT2D eigenvalue weighted by atomic mass is 16.2. The Morgan fingerprint density at radius 3 is 2.43 bits per heavy atom. The fourth-order valence-electron chi connectivity index (χ4n) is 2.79. The van der Waals surface area contributed by atoms with E-state index in [0.717, 1.165) is 37.4 Å². The first-order valence-electron chi connectivity index (χ1n) is 7.60. The van der Waals surface area contributed by atoms with Crippen molar-refractivity contribution in [3.05, 3.63) is 18.1 Å². The van der Waals surface area contributed by atoms with E-state index < -0.39 is 0 Å². The van der Waals surface area contributed by atoms with E-state index in [1.165, 1.54) is 0 Å². The lowest BCUT2D eigenvalue weighted by molar-refractivity contribution is -0.140. The van der Waals surface area contributed by atoms with Gasteiger partial charge in [-0.3, -0.25) is 4.79 Å². The number of rotatable bonds is 2. The van der Waals surface area contributed by atoms with Crippen LogP contribution in [-0.4, -0.2) is 47.0 Å². The Hall–Kier alpha value is -1.65. The maximum Gasteiger partial charge on any atom is 0.227 e. The molecule has 0 spiro atoms. The molecular weight excluding hydrogens is 264 g/mol. The van der Waals surface area contributed by atoms with Gasteiger partial charge in [0, 0.05) is 43.4 Å². The lowest BCUT2D eigenvalue weighted by atomic mass is 9.92. The number of amides is 1. The zero-order chi connectivity index (χ0) is 15.6. The van der Waals surface area contributed by atoms with Gasteiger partial charge >= 0.3 is 0 Å². The van der Waals surface area contributed by atoms with Crippen LogP contribution in [0.25, 0.3) is 0 Å². The highest BCUT2D eigenvalue weighted by Gasteiger charge is 2.31. The Balaban J connectivity index is 1.96. The summed E-state index contributed by atoms with van der Waals surface area (Å²) < 4.78 is 0. The number of aromatic nitrogens is 2. The molecule has 2 heterocycles. The normalized spacial score (nSPS) is 16.9. The summed E-state index contributed by atoms with van der Waals surface area (Å²) in [6, 6.07) is 2.35. The van der Waals surface area contributed by atoms with Crippen LogP contribution in [0.2, 0.25) is 0 Å². The summed E-state index contributed by atoms with van der Waals surface area (Å²) in [4.78, 5) is 25.0. The van der Waals surface area contributed by atoms with Crippen molar-refractivity contribution in [1.29, 1.82) is 0 Å². The van der Waals surface area contributed by atoms with Gasteiger partial charge in [0.25, 0.3) is 0 Å². The second-order valence-electron chi connectivity index (χ2n) is 6.90. The summed E-state index contributed by atoms with van der Waals surface area (Å²) in [6.45, 7) is 9.78. The maximum absolute atomic E-state index is 12.4. The van der Waals surface area contributed by atoms with E-state index in [1.807, 2.05) is 45.7 Å². The number of carbonyl (C=O) groups is 1. The van der Waals surface area contributed by atoms with Crippen LogP contribution in [0.1, 0.15) is 39.3 Å². The molecule has 2 rings (SSSR count). The van der Waals surface area contributed by atoms with Crippen molar-refractivity contribution in [2.75, 3.05) is 25.0 Å². The Bertz CT molecular complexity index is 501. The Kier molecular flexibility index (Phi) is 4.49. The molecule has 0 unspecified atom stereocenters. The van der Waals surface area contributed by atoms with E-state index in [-0.39, 0.29) is 11.3 Å². The number of carbonyl (C=O) groups excluding carboxylic acids is 1. The third-order valence-electron chi connectivity index (χ3n) is 4.09. The van der Waals surface area contributed by atoms with E-state index in [1.54, 1.807) is 6.33 Å². The van der Waals surface area contributed by atoms with E-state index in [0.29, 0.717) is 6.04 Å². The fraction of sp³-hybridized carbons (Fsp3) is 0.688. The number of hydrogen-bond acceptors (Lipinski definition) is 4. The molecule has 21 heavy (non-hydrogen) atoms. The zero-order valence-electron chi connectivity index (χ0n) is 13.8. The van der Waals surface area contributed by atoms with Crippen LogP contribution in [0, 0.1) is 12.3 Å². The van der Waals surface area contributed by atoms with Crippen molar-refractivity contribution in [2.45, 2.75) is 46.6 Å². The van der Waals surface area contributed by atoms with Crippen LogP contribution in [0.4, 0.5) is 5.82 Å². The minimum absolute atomic E-state index is 0.221. The minimum Gasteiger partial charge on any atom is -0.356 e. The van der Waals surface area contributed by atoms with Crippen LogP contribution in [0.3, 0.4) is 0 Å². The van der Waals surface area contributed by atoms with Crippen molar-refractivity contribution in [1.82, 2.24) is 14.9 Å². The minimum atomic E-state index is -0.310. The van der Waals surface area contributed by atoms with E-state index in [9.17, 15) is 4.79 Å². The second kappa shape index (κ2) is 6.00. The second-order valence-corrected chi connectivity index (χ2v) is 6.90. The van der Waals surface area contributed by atoms with Crippen LogP contribution in [-0.2, 0) is 4.79 Å². The lowest BCUT2D eigenvalue weighted by Crippen LogP contribution is -2.48. The number of anilines is 1. The van der Waals surface area contributed by atoms with Crippen LogP contribution in [0.5, 0.6) is 0 Å². The third-order valence-corrected chi connectivity index (χ3v) is 4.09. The molecule has 1 aliphatic rings. The SMILES string of the molecule is Cc1cc(N2CCC(N(C)C(=O)C(C)(C)C)CC2)ncn1. The van der Waals surface area contributed by atoms with Crippen molar-refractivity contribution >= 4 is 11.7 Å². The summed E-state index contributed by atoms with van der Waals surface area (Å²) in [6.07, 6.45) is 3.59. The van der Waals surface area contributed by atoms with Gasteiger partial charge in [-0.1, -0.05) is 20.8 Å². The molecule has 1 fully saturated rings. The Morgan fingerprint density at radius 2 is 1.90 bits per heavy atom. The standard InChI is InChI=1S/C16H26N4O/c1-12-10-14(18-11-17-12)20-8-6-13(7-9-20)19(5)15(21)16(2,3)4/h10-11,13H,6-9H2,1-5H3. The monoisotopic (exact) mass is 290 g/mol. The molecule has 0 bridgehead atoms. The van der Waals surface area contributed by atoms with Gasteiger partial charge in [0.15, 0.2) is 0 Å². The van der Waals surface area contributed by atoms with Crippen LogP contribution < -0.4 is 4.90 Å². The molecule has 1 aliphatic heterocycles. The molecule has 0 saturated carbocycles. The summed E-state index contributed by atoms with van der Waals surface area (Å²) in [5, 5.41) is 0. The average Bonchev–Trinajstić information content (AvgIpc) is 2.45. The average molecular weight is 290 g/mol. The van der Waals surface area contributed by atoms with Gasteiger partial charge in [0.2, 0.25) is 5.91 Å². The van der Waals surface area contributed by atoms with Gasteiger partial charge in [-0.25, -0.2) is 9.97 Å². The molecule has 1 saturated heterocycles. The van der Waals surface area contributed by atoms with Crippen molar-refractivity contribution in [3.63, 3.8) is 0 Å². The number of piperidine rings is 1. The molecule has 0 atom stereocenters. The molecule has 0 aromatic carbocycles. The van der Waals surface area contributed by atoms with E-state index >= 15 is 0 Å². The van der Waals surface area contributed by atoms with Gasteiger partial charge in [0.1, 0.15) is 12.1 Å². The molecule has 1 aromatic rings. The lowest BCUT2D eigenvalue weighted by Gasteiger charge is -2.39. The number of aryl methyl sites for hydroxylation is 1. The molecule has 0 radical (unpaired) electrons. The maximum atomic E-state index is 12.4. The molecule has 116 valence electrons. The van der Waals surface area contributed by atoms with Gasteiger partial charge in [-0.05, 0) is 19.8 Å². The largest absolute Gasteiger partial charge is 0.356 e. The van der Waals surface area contributed by atoms with Crippen LogP contribution >= 0.6 is 0 Å². The van der Waals surface area contributed by atoms with Crippen molar-refractivity contribution in [3.8, 4) is 0 Å². The first-order valence-corrected chi connectivity index (χ1v) is 7.60. The summed E-state index contributed by atoms with van der Waals surface area (Å²) in [5.74, 6) is 1.21. The smallest absolute Gasteiger partial charge is 0.227 e. The van der Waals surface area contributed by atoms with Gasteiger partial charge in [-0.2, -0.15) is 0 Å². The predicted molar refractivity (Wildman–Crippen MR) is 84.2 cm³/mol. The van der Waals surface area contributed by atoms with Gasteiger partial charge in [-0.15, -0.1) is 0 Å². The first kappa shape index (κ1) is 15.7. The zero-order valence-corrected chi connectivity index (χ0v) is 13.8. The molecule has 1 aromatic heterocycles. The quantitative estimate of drug-likeness (QED) is 0.838. The summed E-state index contributed by atoms with van der Waals surface area (Å²) in [7, 11) is 1.93. The Morgan fingerprint density at radius 1 is 1.29 bits per heavy atom. The molecule has 5 heteroatoms. The summed E-state index contributed by atoms with van der Waals surface area (Å²) in [5.41, 5.74) is 0.678. The number of hydrogen-bond donors (Lipinski definition) is 0. The topological polar surface area (TPSA) is 49.3 Å².